The Morgan fingerprint density at radius 2 is 2.00 bits per heavy atom. The Morgan fingerprint density at radius 1 is 1.40 bits per heavy atom. The Hall–Kier alpha value is -2.28. The Balaban J connectivity index is 0.00000361. The van der Waals surface area contributed by atoms with Crippen LogP contribution in [0.25, 0.3) is 10.4 Å². The number of benzene rings is 1. The van der Waals surface area contributed by atoms with Gasteiger partial charge in [-0.1, -0.05) is 17.2 Å². The zero-order valence-electron chi connectivity index (χ0n) is 10.4. The van der Waals surface area contributed by atoms with E-state index in [1.807, 2.05) is 0 Å². The van der Waals surface area contributed by atoms with Gasteiger partial charge < -0.3 is 16.2 Å². The predicted molar refractivity (Wildman–Crippen MR) is 75.6 cm³/mol. The highest BCUT2D eigenvalue weighted by atomic mass is 35.5. The van der Waals surface area contributed by atoms with Crippen LogP contribution < -0.4 is 11.1 Å². The average Bonchev–Trinajstić information content (AvgIpc) is 2.38. The second kappa shape index (κ2) is 8.76. The van der Waals surface area contributed by atoms with E-state index in [4.69, 9.17) is 16.4 Å². The maximum absolute atomic E-state index is 11.2. The number of amides is 1. The van der Waals surface area contributed by atoms with Gasteiger partial charge in [-0.05, 0) is 29.6 Å². The number of hydrogen-bond acceptors (Lipinski definition) is 4. The van der Waals surface area contributed by atoms with Crippen molar-refractivity contribution < 1.29 is 14.7 Å². The lowest BCUT2D eigenvalue weighted by molar-refractivity contribution is -0.138. The number of azide groups is 1. The molecule has 0 radical (unpaired) electrons. The first-order chi connectivity index (χ1) is 9.02. The third-order valence-electron chi connectivity index (χ3n) is 2.29. The summed E-state index contributed by atoms with van der Waals surface area (Å²) in [5, 5.41) is 14.3. The first-order valence-corrected chi connectivity index (χ1v) is 5.41. The smallest absolute Gasteiger partial charge is 0.320 e. The van der Waals surface area contributed by atoms with E-state index in [1.165, 1.54) is 0 Å². The predicted octanol–water partition coefficient (Wildman–Crippen LogP) is 1.31. The lowest BCUT2D eigenvalue weighted by atomic mass is 10.1. The summed E-state index contributed by atoms with van der Waals surface area (Å²) < 4.78 is 0. The number of carboxylic acid groups (broad SMARTS) is 1. The van der Waals surface area contributed by atoms with Crippen molar-refractivity contribution in [2.75, 3.05) is 11.9 Å². The van der Waals surface area contributed by atoms with Crippen molar-refractivity contribution in [3.05, 3.63) is 40.3 Å². The van der Waals surface area contributed by atoms with Gasteiger partial charge in [-0.15, -0.1) is 12.4 Å². The highest BCUT2D eigenvalue weighted by Gasteiger charge is 2.11. The number of hydrogen-bond donors (Lipinski definition) is 3. The monoisotopic (exact) mass is 299 g/mol. The minimum Gasteiger partial charge on any atom is -0.480 e. The number of carbonyl (C=O) groups is 2. The van der Waals surface area contributed by atoms with Crippen LogP contribution in [0.3, 0.4) is 0 Å². The van der Waals surface area contributed by atoms with Gasteiger partial charge in [0.25, 0.3) is 0 Å². The number of anilines is 1. The van der Waals surface area contributed by atoms with Crippen LogP contribution in [-0.4, -0.2) is 29.6 Å². The van der Waals surface area contributed by atoms with Gasteiger partial charge in [0.1, 0.15) is 12.6 Å². The zero-order valence-corrected chi connectivity index (χ0v) is 11.2. The number of halogens is 1. The first-order valence-electron chi connectivity index (χ1n) is 5.41. The number of rotatable bonds is 6. The highest BCUT2D eigenvalue weighted by Crippen LogP contribution is 2.11. The molecule has 0 aromatic heterocycles. The molecule has 1 rings (SSSR count). The molecular formula is C11H14ClN5O3. The normalized spacial score (nSPS) is 10.7. The van der Waals surface area contributed by atoms with Crippen molar-refractivity contribution in [3.63, 3.8) is 0 Å². The van der Waals surface area contributed by atoms with Gasteiger partial charge in [-0.25, -0.2) is 0 Å². The maximum atomic E-state index is 11.2. The molecule has 1 amide bonds. The molecule has 108 valence electrons. The SMILES string of the molecule is Cl.[N-]=[N+]=NCC(=O)Nc1ccc(C[C@H](N)C(=O)O)cc1. The Morgan fingerprint density at radius 3 is 2.50 bits per heavy atom. The third kappa shape index (κ3) is 6.05. The van der Waals surface area contributed by atoms with Crippen molar-refractivity contribution in [1.29, 1.82) is 0 Å². The average molecular weight is 300 g/mol. The number of carboxylic acids is 1. The number of nitrogens with two attached hydrogens (primary N) is 1. The van der Waals surface area contributed by atoms with Gasteiger partial charge in [0.15, 0.2) is 0 Å². The van der Waals surface area contributed by atoms with E-state index in [9.17, 15) is 9.59 Å². The summed E-state index contributed by atoms with van der Waals surface area (Å²) in [6, 6.07) is 5.64. The van der Waals surface area contributed by atoms with E-state index in [0.717, 1.165) is 5.56 Å². The lowest BCUT2D eigenvalue weighted by Gasteiger charge is -2.08. The summed E-state index contributed by atoms with van der Waals surface area (Å²) in [6.07, 6.45) is 0.211. The van der Waals surface area contributed by atoms with Gasteiger partial charge in [0.05, 0.1) is 0 Å². The molecule has 0 saturated heterocycles. The van der Waals surface area contributed by atoms with Crippen molar-refractivity contribution in [2.45, 2.75) is 12.5 Å². The van der Waals surface area contributed by atoms with E-state index >= 15 is 0 Å². The highest BCUT2D eigenvalue weighted by molar-refractivity contribution is 5.92. The van der Waals surface area contributed by atoms with Gasteiger partial charge >= 0.3 is 5.97 Å². The van der Waals surface area contributed by atoms with Crippen molar-refractivity contribution in [1.82, 2.24) is 0 Å². The summed E-state index contributed by atoms with van der Waals surface area (Å²) in [7, 11) is 0. The molecule has 0 heterocycles. The largest absolute Gasteiger partial charge is 0.480 e. The Kier molecular flexibility index (Phi) is 7.76. The molecule has 0 aliphatic heterocycles. The molecular weight excluding hydrogens is 286 g/mol. The Bertz CT molecular complexity index is 513. The van der Waals surface area contributed by atoms with Crippen LogP contribution >= 0.6 is 12.4 Å². The van der Waals surface area contributed by atoms with E-state index in [1.54, 1.807) is 24.3 Å². The molecule has 0 spiro atoms. The topological polar surface area (TPSA) is 141 Å². The second-order valence-electron chi connectivity index (χ2n) is 3.78. The molecule has 20 heavy (non-hydrogen) atoms. The van der Waals surface area contributed by atoms with Gasteiger partial charge in [0.2, 0.25) is 5.91 Å². The molecule has 9 heteroatoms. The van der Waals surface area contributed by atoms with E-state index < -0.39 is 17.9 Å². The summed E-state index contributed by atoms with van der Waals surface area (Å²) in [4.78, 5) is 24.3. The summed E-state index contributed by atoms with van der Waals surface area (Å²) in [5.41, 5.74) is 14.8. The maximum Gasteiger partial charge on any atom is 0.320 e. The first kappa shape index (κ1) is 17.7. The zero-order chi connectivity index (χ0) is 14.3. The van der Waals surface area contributed by atoms with Crippen LogP contribution in [0.1, 0.15) is 5.56 Å². The van der Waals surface area contributed by atoms with Crippen molar-refractivity contribution in [2.24, 2.45) is 10.8 Å². The van der Waals surface area contributed by atoms with Crippen LogP contribution in [-0.2, 0) is 16.0 Å². The number of nitrogens with zero attached hydrogens (tertiary/aromatic N) is 3. The van der Waals surface area contributed by atoms with Gasteiger partial charge in [-0.3, -0.25) is 9.59 Å². The molecule has 0 unspecified atom stereocenters. The fraction of sp³-hybridized carbons (Fsp3) is 0.273. The van der Waals surface area contributed by atoms with E-state index in [0.29, 0.717) is 5.69 Å². The number of nitrogens with one attached hydrogen (secondary N) is 1. The van der Waals surface area contributed by atoms with Crippen LogP contribution in [0, 0.1) is 0 Å². The molecule has 0 bridgehead atoms. The third-order valence-corrected chi connectivity index (χ3v) is 2.29. The number of carbonyl (C=O) groups excluding carboxylic acids is 1. The van der Waals surface area contributed by atoms with Crippen molar-refractivity contribution in [3.8, 4) is 0 Å². The molecule has 0 aliphatic carbocycles. The van der Waals surface area contributed by atoms with Crippen LogP contribution in [0.5, 0.6) is 0 Å². The summed E-state index contributed by atoms with van der Waals surface area (Å²) in [5.74, 6) is -1.49. The summed E-state index contributed by atoms with van der Waals surface area (Å²) >= 11 is 0. The standard InChI is InChI=1S/C11H13N5O3.ClH/c12-9(11(18)19)5-7-1-3-8(4-2-7)15-10(17)6-14-16-13;/h1-4,9H,5-6,12H2,(H,15,17)(H,18,19);1H/t9-;/m0./s1. The molecule has 0 aliphatic rings. The minimum absolute atomic E-state index is 0. The fourth-order valence-corrected chi connectivity index (χ4v) is 1.36. The minimum atomic E-state index is -1.06. The van der Waals surface area contributed by atoms with E-state index in [2.05, 4.69) is 15.3 Å². The summed E-state index contributed by atoms with van der Waals surface area (Å²) in [6.45, 7) is -0.276. The van der Waals surface area contributed by atoms with Gasteiger partial charge in [0, 0.05) is 10.6 Å². The lowest BCUT2D eigenvalue weighted by Crippen LogP contribution is -2.32. The second-order valence-corrected chi connectivity index (χ2v) is 3.78. The van der Waals surface area contributed by atoms with Crippen LogP contribution in [0.15, 0.2) is 29.4 Å². The molecule has 0 saturated carbocycles. The Labute approximate surface area is 121 Å². The molecule has 0 fully saturated rings. The molecule has 1 atom stereocenters. The fourth-order valence-electron chi connectivity index (χ4n) is 1.36. The quantitative estimate of drug-likeness (QED) is 0.413. The van der Waals surface area contributed by atoms with Gasteiger partial charge in [-0.2, -0.15) is 0 Å². The van der Waals surface area contributed by atoms with Crippen molar-refractivity contribution >= 4 is 30.0 Å². The molecule has 8 nitrogen and oxygen atoms in total. The molecule has 1 aromatic rings. The molecule has 4 N–H and O–H groups in total. The molecule has 1 aromatic carbocycles. The van der Waals surface area contributed by atoms with Crippen LogP contribution in [0.4, 0.5) is 5.69 Å². The van der Waals surface area contributed by atoms with E-state index in [-0.39, 0.29) is 25.4 Å². The number of aliphatic carboxylic acids is 1. The van der Waals surface area contributed by atoms with Crippen LogP contribution in [0.2, 0.25) is 0 Å².